The number of fused-ring (bicyclic) bond motifs is 1. The number of carbonyl (C=O) groups is 2. The lowest BCUT2D eigenvalue weighted by molar-refractivity contribution is -0.128. The number of carbonyl (C=O) groups excluding carboxylic acids is 2. The van der Waals surface area contributed by atoms with Crippen molar-refractivity contribution in [1.29, 1.82) is 0 Å². The van der Waals surface area contributed by atoms with E-state index in [9.17, 15) is 9.59 Å². The number of aromatic nitrogens is 1. The van der Waals surface area contributed by atoms with E-state index in [4.69, 9.17) is 0 Å². The minimum Gasteiger partial charge on any atom is -0.347 e. The fraction of sp³-hybridized carbons (Fsp3) is 0.261. The molecule has 0 spiro atoms. The van der Waals surface area contributed by atoms with Crippen molar-refractivity contribution >= 4 is 22.6 Å². The molecule has 4 rings (SSSR count). The van der Waals surface area contributed by atoms with Gasteiger partial charge in [-0.1, -0.05) is 42.5 Å². The fourth-order valence-electron chi connectivity index (χ4n) is 3.86. The normalized spacial score (nSPS) is 16.6. The van der Waals surface area contributed by atoms with Crippen molar-refractivity contribution in [2.24, 2.45) is 0 Å². The van der Waals surface area contributed by atoms with Crippen LogP contribution in [0, 0.1) is 13.8 Å². The zero-order valence-corrected chi connectivity index (χ0v) is 16.1. The van der Waals surface area contributed by atoms with Gasteiger partial charge in [0.1, 0.15) is 0 Å². The van der Waals surface area contributed by atoms with Crippen molar-refractivity contribution in [2.75, 3.05) is 6.54 Å². The molecule has 0 bridgehead atoms. The molecule has 2 amide bonds. The van der Waals surface area contributed by atoms with Crippen LogP contribution in [0.3, 0.4) is 0 Å². The highest BCUT2D eigenvalue weighted by molar-refractivity contribution is 5.96. The van der Waals surface area contributed by atoms with Crippen LogP contribution in [0.4, 0.5) is 0 Å². The predicted molar refractivity (Wildman–Crippen MR) is 109 cm³/mol. The fourth-order valence-corrected chi connectivity index (χ4v) is 3.86. The van der Waals surface area contributed by atoms with Crippen molar-refractivity contribution in [2.45, 2.75) is 32.9 Å². The van der Waals surface area contributed by atoms with Crippen molar-refractivity contribution in [3.8, 4) is 0 Å². The van der Waals surface area contributed by atoms with Gasteiger partial charge in [-0.3, -0.25) is 14.6 Å². The van der Waals surface area contributed by atoms with E-state index in [-0.39, 0.29) is 17.9 Å². The van der Waals surface area contributed by atoms with E-state index in [1.165, 1.54) is 5.39 Å². The van der Waals surface area contributed by atoms with Crippen molar-refractivity contribution < 1.29 is 9.59 Å². The highest BCUT2D eigenvalue weighted by Gasteiger charge is 2.31. The van der Waals surface area contributed by atoms with Gasteiger partial charge in [0, 0.05) is 31.4 Å². The number of nitrogens with zero attached hydrogens (tertiary/aromatic N) is 2. The van der Waals surface area contributed by atoms with Crippen molar-refractivity contribution in [3.63, 3.8) is 0 Å². The molecule has 28 heavy (non-hydrogen) atoms. The number of hydrogen-bond donors (Lipinski definition) is 1. The molecule has 1 aliphatic rings. The maximum Gasteiger partial charge on any atom is 0.253 e. The van der Waals surface area contributed by atoms with Gasteiger partial charge in [-0.25, -0.2) is 0 Å². The van der Waals surface area contributed by atoms with Gasteiger partial charge in [-0.05, 0) is 41.8 Å². The Hall–Kier alpha value is -3.21. The summed E-state index contributed by atoms with van der Waals surface area (Å²) in [5.74, 6) is -0.105. The average molecular weight is 373 g/mol. The van der Waals surface area contributed by atoms with Crippen LogP contribution in [0.2, 0.25) is 0 Å². The molecule has 1 atom stereocenters. The number of likely N-dealkylation sites (tertiary alicyclic amines) is 1. The minimum absolute atomic E-state index is 0.0667. The SMILES string of the molecule is Cc1cc(C)c(C(=O)N[C@H]2CC(=O)N(Cc3cccc4ccccc34)C2)cn1. The summed E-state index contributed by atoms with van der Waals surface area (Å²) in [7, 11) is 0. The maximum absolute atomic E-state index is 12.6. The quantitative estimate of drug-likeness (QED) is 0.763. The Morgan fingerprint density at radius 3 is 2.79 bits per heavy atom. The molecule has 3 aromatic rings. The molecule has 2 heterocycles. The van der Waals surface area contributed by atoms with Crippen LogP contribution >= 0.6 is 0 Å². The van der Waals surface area contributed by atoms with Crippen LogP contribution in [-0.4, -0.2) is 34.3 Å². The van der Waals surface area contributed by atoms with Crippen LogP contribution < -0.4 is 5.32 Å². The highest BCUT2D eigenvalue weighted by atomic mass is 16.2. The zero-order chi connectivity index (χ0) is 19.7. The van der Waals surface area contributed by atoms with E-state index >= 15 is 0 Å². The third-order valence-corrected chi connectivity index (χ3v) is 5.28. The Balaban J connectivity index is 1.46. The summed E-state index contributed by atoms with van der Waals surface area (Å²) in [4.78, 5) is 31.2. The molecule has 142 valence electrons. The first-order chi connectivity index (χ1) is 13.5. The third-order valence-electron chi connectivity index (χ3n) is 5.28. The smallest absolute Gasteiger partial charge is 0.253 e. The topological polar surface area (TPSA) is 62.3 Å². The summed E-state index contributed by atoms with van der Waals surface area (Å²) in [5, 5.41) is 5.32. The van der Waals surface area contributed by atoms with Crippen LogP contribution in [-0.2, 0) is 11.3 Å². The van der Waals surface area contributed by atoms with Crippen LogP contribution in [0.1, 0.15) is 33.6 Å². The number of nitrogens with one attached hydrogen (secondary N) is 1. The van der Waals surface area contributed by atoms with Crippen LogP contribution in [0.15, 0.2) is 54.7 Å². The molecule has 0 unspecified atom stereocenters. The Labute approximate surface area is 164 Å². The Morgan fingerprint density at radius 2 is 1.96 bits per heavy atom. The molecule has 5 heteroatoms. The van der Waals surface area contributed by atoms with Gasteiger partial charge >= 0.3 is 0 Å². The van der Waals surface area contributed by atoms with E-state index in [0.717, 1.165) is 22.2 Å². The zero-order valence-electron chi connectivity index (χ0n) is 16.1. The number of aryl methyl sites for hydroxylation is 2. The Morgan fingerprint density at radius 1 is 1.18 bits per heavy atom. The number of benzene rings is 2. The molecule has 0 aliphatic carbocycles. The van der Waals surface area contributed by atoms with Crippen LogP contribution in [0.5, 0.6) is 0 Å². The van der Waals surface area contributed by atoms with Gasteiger partial charge in [0.2, 0.25) is 5.91 Å². The predicted octanol–water partition coefficient (Wildman–Crippen LogP) is 3.38. The lowest BCUT2D eigenvalue weighted by Crippen LogP contribution is -2.37. The molecule has 1 saturated heterocycles. The first kappa shape index (κ1) is 18.2. The summed E-state index contributed by atoms with van der Waals surface area (Å²) < 4.78 is 0. The third kappa shape index (κ3) is 3.60. The summed E-state index contributed by atoms with van der Waals surface area (Å²) in [6.07, 6.45) is 1.93. The second kappa shape index (κ2) is 7.43. The number of amides is 2. The molecular weight excluding hydrogens is 350 g/mol. The molecule has 0 radical (unpaired) electrons. The van der Waals surface area contributed by atoms with Gasteiger partial charge in [0.05, 0.1) is 11.6 Å². The number of hydrogen-bond acceptors (Lipinski definition) is 3. The monoisotopic (exact) mass is 373 g/mol. The van der Waals surface area contributed by atoms with Crippen molar-refractivity contribution in [3.05, 3.63) is 77.1 Å². The van der Waals surface area contributed by atoms with Gasteiger partial charge in [-0.15, -0.1) is 0 Å². The molecule has 5 nitrogen and oxygen atoms in total. The highest BCUT2D eigenvalue weighted by Crippen LogP contribution is 2.22. The lowest BCUT2D eigenvalue weighted by Gasteiger charge is -2.18. The van der Waals surface area contributed by atoms with E-state index in [1.807, 2.05) is 43.0 Å². The molecule has 1 N–H and O–H groups in total. The summed E-state index contributed by atoms with van der Waals surface area (Å²) in [5.41, 5.74) is 3.45. The molecular formula is C23H23N3O2. The molecule has 1 fully saturated rings. The van der Waals surface area contributed by atoms with E-state index in [1.54, 1.807) is 6.20 Å². The average Bonchev–Trinajstić information content (AvgIpc) is 3.00. The second-order valence-corrected chi connectivity index (χ2v) is 7.43. The van der Waals surface area contributed by atoms with E-state index < -0.39 is 0 Å². The van der Waals surface area contributed by atoms with Gasteiger partial charge in [0.15, 0.2) is 0 Å². The first-order valence-corrected chi connectivity index (χ1v) is 9.50. The van der Waals surface area contributed by atoms with Gasteiger partial charge in [0.25, 0.3) is 5.91 Å². The number of rotatable bonds is 4. The maximum atomic E-state index is 12.6. The molecule has 1 aromatic heterocycles. The van der Waals surface area contributed by atoms with Gasteiger partial charge < -0.3 is 10.2 Å². The Kier molecular flexibility index (Phi) is 4.82. The second-order valence-electron chi connectivity index (χ2n) is 7.43. The van der Waals surface area contributed by atoms with Crippen molar-refractivity contribution in [1.82, 2.24) is 15.2 Å². The summed E-state index contributed by atoms with van der Waals surface area (Å²) in [6.45, 7) is 4.87. The van der Waals surface area contributed by atoms with E-state index in [0.29, 0.717) is 25.1 Å². The van der Waals surface area contributed by atoms with Gasteiger partial charge in [-0.2, -0.15) is 0 Å². The molecule has 1 aliphatic heterocycles. The molecule has 0 saturated carbocycles. The minimum atomic E-state index is -0.185. The Bertz CT molecular complexity index is 1060. The van der Waals surface area contributed by atoms with E-state index in [2.05, 4.69) is 34.6 Å². The standard InChI is InChI=1S/C23H23N3O2/c1-15-10-16(2)24-12-21(15)23(28)25-19-11-22(27)26(14-19)13-18-8-5-7-17-6-3-4-9-20(17)18/h3-10,12,19H,11,13-14H2,1-2H3,(H,25,28)/t19-/m0/s1. The lowest BCUT2D eigenvalue weighted by atomic mass is 10.0. The number of pyridine rings is 1. The largest absolute Gasteiger partial charge is 0.347 e. The van der Waals surface area contributed by atoms with Crippen LogP contribution in [0.25, 0.3) is 10.8 Å². The summed E-state index contributed by atoms with van der Waals surface area (Å²) >= 11 is 0. The summed E-state index contributed by atoms with van der Waals surface area (Å²) in [6, 6.07) is 16.0. The first-order valence-electron chi connectivity index (χ1n) is 9.50. The molecule has 2 aromatic carbocycles.